The van der Waals surface area contributed by atoms with Crippen molar-refractivity contribution in [3.8, 4) is 6.07 Å². The van der Waals surface area contributed by atoms with Crippen LogP contribution >= 0.6 is 0 Å². The number of nitrogens with zero attached hydrogens (tertiary/aromatic N) is 1. The molecule has 0 bridgehead atoms. The van der Waals surface area contributed by atoms with E-state index in [2.05, 4.69) is 43.3 Å². The van der Waals surface area contributed by atoms with Gasteiger partial charge in [0.25, 0.3) is 0 Å². The molecule has 0 spiro atoms. The molecule has 106 valence electrons. The molecule has 0 heterocycles. The average Bonchev–Trinajstić information content (AvgIpc) is 2.52. The summed E-state index contributed by atoms with van der Waals surface area (Å²) in [7, 11) is 0. The Kier molecular flexibility index (Phi) is 5.87. The fourth-order valence-electron chi connectivity index (χ4n) is 3.16. The Hall–Kier alpha value is -1.55. The van der Waals surface area contributed by atoms with Gasteiger partial charge in [0.1, 0.15) is 0 Å². The number of benzene rings is 1. The van der Waals surface area contributed by atoms with Gasteiger partial charge in [-0.05, 0) is 61.5 Å². The smallest absolute Gasteiger partial charge is 0.0908 e. The zero-order chi connectivity index (χ0) is 14.2. The molecule has 0 N–H and O–H groups in total. The first-order valence-electron chi connectivity index (χ1n) is 7.98. The van der Waals surface area contributed by atoms with Crippen LogP contribution in [0.3, 0.4) is 0 Å². The summed E-state index contributed by atoms with van der Waals surface area (Å²) in [5, 5.41) is 8.58. The van der Waals surface area contributed by atoms with Crippen LogP contribution in [0.15, 0.2) is 36.4 Å². The molecule has 0 amide bonds. The van der Waals surface area contributed by atoms with E-state index >= 15 is 0 Å². The molecule has 1 aromatic rings. The van der Waals surface area contributed by atoms with Crippen molar-refractivity contribution < 1.29 is 0 Å². The van der Waals surface area contributed by atoms with E-state index in [9.17, 15) is 0 Å². The predicted octanol–water partition coefficient (Wildman–Crippen LogP) is 5.38. The Morgan fingerprint density at radius 3 is 2.45 bits per heavy atom. The van der Waals surface area contributed by atoms with E-state index in [0.717, 1.165) is 5.92 Å². The molecule has 0 atom stereocenters. The molecular formula is C19H25N. The van der Waals surface area contributed by atoms with Gasteiger partial charge in [0.15, 0.2) is 0 Å². The van der Waals surface area contributed by atoms with E-state index in [4.69, 9.17) is 5.26 Å². The van der Waals surface area contributed by atoms with Crippen molar-refractivity contribution in [1.29, 1.82) is 5.26 Å². The third-order valence-corrected chi connectivity index (χ3v) is 4.48. The second-order valence-electron chi connectivity index (χ2n) is 5.95. The van der Waals surface area contributed by atoms with Crippen LogP contribution < -0.4 is 0 Å². The van der Waals surface area contributed by atoms with Crippen molar-refractivity contribution in [1.82, 2.24) is 0 Å². The van der Waals surface area contributed by atoms with Gasteiger partial charge in [-0.1, -0.05) is 43.7 Å². The predicted molar refractivity (Wildman–Crippen MR) is 84.5 cm³/mol. The fourth-order valence-corrected chi connectivity index (χ4v) is 3.16. The molecule has 0 aromatic heterocycles. The Morgan fingerprint density at radius 1 is 1.15 bits per heavy atom. The second kappa shape index (κ2) is 7.90. The summed E-state index contributed by atoms with van der Waals surface area (Å²) < 4.78 is 0. The van der Waals surface area contributed by atoms with Crippen LogP contribution in [-0.4, -0.2) is 0 Å². The molecule has 1 fully saturated rings. The van der Waals surface area contributed by atoms with E-state index in [0.29, 0.717) is 5.92 Å². The van der Waals surface area contributed by atoms with Gasteiger partial charge in [-0.15, -0.1) is 0 Å². The first-order chi connectivity index (χ1) is 9.83. The van der Waals surface area contributed by atoms with Crippen LogP contribution in [0.4, 0.5) is 0 Å². The van der Waals surface area contributed by atoms with Crippen LogP contribution in [-0.2, 0) is 6.42 Å². The summed E-state index contributed by atoms with van der Waals surface area (Å²) in [5.41, 5.74) is 2.98. The molecule has 20 heavy (non-hydrogen) atoms. The van der Waals surface area contributed by atoms with Crippen LogP contribution in [0.5, 0.6) is 0 Å². The SMILES string of the molecule is CCCCc1ccc(C2CCC(C=CC#N)CC2)cc1. The molecule has 2 rings (SSSR count). The van der Waals surface area contributed by atoms with E-state index < -0.39 is 0 Å². The number of rotatable bonds is 5. The van der Waals surface area contributed by atoms with Crippen LogP contribution in [0.2, 0.25) is 0 Å². The second-order valence-corrected chi connectivity index (χ2v) is 5.95. The number of hydrogen-bond donors (Lipinski definition) is 0. The summed E-state index contributed by atoms with van der Waals surface area (Å²) in [6, 6.07) is 11.4. The van der Waals surface area contributed by atoms with Crippen LogP contribution in [0.25, 0.3) is 0 Å². The lowest BCUT2D eigenvalue weighted by Gasteiger charge is -2.27. The summed E-state index contributed by atoms with van der Waals surface area (Å²) in [5.74, 6) is 1.34. The van der Waals surface area contributed by atoms with Crippen molar-refractivity contribution in [3.05, 3.63) is 47.5 Å². The maximum absolute atomic E-state index is 8.58. The maximum Gasteiger partial charge on any atom is 0.0908 e. The molecule has 0 unspecified atom stereocenters. The summed E-state index contributed by atoms with van der Waals surface area (Å²) in [6.07, 6.45) is 12.5. The number of hydrogen-bond acceptors (Lipinski definition) is 1. The topological polar surface area (TPSA) is 23.8 Å². The highest BCUT2D eigenvalue weighted by Gasteiger charge is 2.20. The highest BCUT2D eigenvalue weighted by Crippen LogP contribution is 2.36. The van der Waals surface area contributed by atoms with Gasteiger partial charge in [-0.25, -0.2) is 0 Å². The van der Waals surface area contributed by atoms with Gasteiger partial charge >= 0.3 is 0 Å². The Labute approximate surface area is 123 Å². The van der Waals surface area contributed by atoms with Gasteiger partial charge in [0.05, 0.1) is 6.07 Å². The zero-order valence-electron chi connectivity index (χ0n) is 12.5. The van der Waals surface area contributed by atoms with Gasteiger partial charge < -0.3 is 0 Å². The largest absolute Gasteiger partial charge is 0.193 e. The Morgan fingerprint density at radius 2 is 1.85 bits per heavy atom. The molecule has 1 heteroatoms. The lowest BCUT2D eigenvalue weighted by Crippen LogP contribution is -2.11. The summed E-state index contributed by atoms with van der Waals surface area (Å²) in [4.78, 5) is 0. The van der Waals surface area contributed by atoms with E-state index in [1.54, 1.807) is 6.08 Å². The van der Waals surface area contributed by atoms with E-state index in [-0.39, 0.29) is 0 Å². The third-order valence-electron chi connectivity index (χ3n) is 4.48. The number of allylic oxidation sites excluding steroid dienone is 2. The van der Waals surface area contributed by atoms with Gasteiger partial charge in [0, 0.05) is 6.08 Å². The van der Waals surface area contributed by atoms with Crippen molar-refractivity contribution >= 4 is 0 Å². The van der Waals surface area contributed by atoms with Gasteiger partial charge in [-0.2, -0.15) is 5.26 Å². The Bertz CT molecular complexity index is 456. The van der Waals surface area contributed by atoms with Crippen molar-refractivity contribution in [3.63, 3.8) is 0 Å². The quantitative estimate of drug-likeness (QED) is 0.657. The minimum Gasteiger partial charge on any atom is -0.193 e. The molecule has 0 radical (unpaired) electrons. The van der Waals surface area contributed by atoms with Crippen LogP contribution in [0.1, 0.15) is 62.5 Å². The fraction of sp³-hybridized carbons (Fsp3) is 0.526. The molecule has 1 nitrogen and oxygen atoms in total. The molecule has 0 saturated heterocycles. The highest BCUT2D eigenvalue weighted by molar-refractivity contribution is 5.26. The monoisotopic (exact) mass is 267 g/mol. The van der Waals surface area contributed by atoms with E-state index in [1.165, 1.54) is 56.1 Å². The first-order valence-corrected chi connectivity index (χ1v) is 7.98. The number of aryl methyl sites for hydroxylation is 1. The van der Waals surface area contributed by atoms with Gasteiger partial charge in [-0.3, -0.25) is 0 Å². The molecule has 1 saturated carbocycles. The number of unbranched alkanes of at least 4 members (excludes halogenated alkanes) is 1. The first kappa shape index (κ1) is 14.9. The Balaban J connectivity index is 1.87. The maximum atomic E-state index is 8.58. The van der Waals surface area contributed by atoms with Gasteiger partial charge in [0.2, 0.25) is 0 Å². The molecule has 1 aliphatic rings. The standard InChI is InChI=1S/C19H25N/c1-2-3-5-16-7-11-18(12-8-16)19-13-9-17(10-14-19)6-4-15-20/h4,6-8,11-12,17,19H,2-3,5,9-10,13-14H2,1H3. The highest BCUT2D eigenvalue weighted by atomic mass is 14.3. The lowest BCUT2D eigenvalue weighted by molar-refractivity contribution is 0.376. The normalized spacial score (nSPS) is 22.8. The van der Waals surface area contributed by atoms with Crippen molar-refractivity contribution in [2.75, 3.05) is 0 Å². The van der Waals surface area contributed by atoms with Crippen molar-refractivity contribution in [2.24, 2.45) is 5.92 Å². The van der Waals surface area contributed by atoms with E-state index in [1.807, 2.05) is 0 Å². The molecular weight excluding hydrogens is 242 g/mol. The summed E-state index contributed by atoms with van der Waals surface area (Å²) >= 11 is 0. The van der Waals surface area contributed by atoms with Crippen molar-refractivity contribution in [2.45, 2.75) is 57.8 Å². The molecule has 0 aliphatic heterocycles. The minimum absolute atomic E-state index is 0.620. The molecule has 1 aromatic carbocycles. The third kappa shape index (κ3) is 4.23. The lowest BCUT2D eigenvalue weighted by atomic mass is 9.78. The molecule has 1 aliphatic carbocycles. The minimum atomic E-state index is 0.620. The zero-order valence-corrected chi connectivity index (χ0v) is 12.5. The summed E-state index contributed by atoms with van der Waals surface area (Å²) in [6.45, 7) is 2.24. The van der Waals surface area contributed by atoms with Crippen LogP contribution in [0, 0.1) is 17.2 Å². The number of nitriles is 1. The average molecular weight is 267 g/mol.